The number of benzene rings is 2. The fraction of sp³-hybridized carbons (Fsp3) is 0.0909. The van der Waals surface area contributed by atoms with Gasteiger partial charge in [0.1, 0.15) is 0 Å². The summed E-state index contributed by atoms with van der Waals surface area (Å²) >= 11 is 3.14. The Morgan fingerprint density at radius 1 is 0.933 bits per heavy atom. The van der Waals surface area contributed by atoms with Crippen molar-refractivity contribution in [1.82, 2.24) is 0 Å². The largest absolute Gasteiger partial charge is 0.417 e. The lowest BCUT2D eigenvalue weighted by Gasteiger charge is -2.11. The van der Waals surface area contributed by atoms with Crippen molar-refractivity contribution in [1.29, 1.82) is 0 Å². The second kappa shape index (κ2) is 3.52. The van der Waals surface area contributed by atoms with Gasteiger partial charge in [-0.3, -0.25) is 0 Å². The molecule has 0 saturated heterocycles. The van der Waals surface area contributed by atoms with E-state index in [-0.39, 0.29) is 5.39 Å². The Bertz CT molecular complexity index is 497. The maximum atomic E-state index is 12.7. The summed E-state index contributed by atoms with van der Waals surface area (Å²) in [7, 11) is 0. The Morgan fingerprint density at radius 2 is 1.53 bits per heavy atom. The zero-order valence-corrected chi connectivity index (χ0v) is 9.06. The van der Waals surface area contributed by atoms with Gasteiger partial charge in [-0.1, -0.05) is 40.2 Å². The standard InChI is InChI=1S/C11H6BrF3/c12-9-6-2-4-7-3-1-5-8(10(7)9)11(13,14)15/h1-6H. The van der Waals surface area contributed by atoms with Crippen molar-refractivity contribution in [2.75, 3.05) is 0 Å². The van der Waals surface area contributed by atoms with Crippen LogP contribution in [0.4, 0.5) is 13.2 Å². The molecule has 0 N–H and O–H groups in total. The summed E-state index contributed by atoms with van der Waals surface area (Å²) in [6.45, 7) is 0. The van der Waals surface area contributed by atoms with Gasteiger partial charge in [-0.25, -0.2) is 0 Å². The number of halogens is 4. The van der Waals surface area contributed by atoms with E-state index in [0.717, 1.165) is 6.07 Å². The van der Waals surface area contributed by atoms with Crippen LogP contribution in [0.25, 0.3) is 10.8 Å². The van der Waals surface area contributed by atoms with E-state index in [1.165, 1.54) is 6.07 Å². The maximum absolute atomic E-state index is 12.7. The number of hydrogen-bond acceptors (Lipinski definition) is 0. The molecule has 0 saturated carbocycles. The third kappa shape index (κ3) is 1.86. The lowest BCUT2D eigenvalue weighted by atomic mass is 10.0. The molecule has 0 aliphatic heterocycles. The van der Waals surface area contributed by atoms with E-state index in [2.05, 4.69) is 15.9 Å². The van der Waals surface area contributed by atoms with Gasteiger partial charge in [-0.2, -0.15) is 13.2 Å². The van der Waals surface area contributed by atoms with Crippen LogP contribution in [0.1, 0.15) is 5.56 Å². The van der Waals surface area contributed by atoms with E-state index in [1.54, 1.807) is 24.3 Å². The molecule has 0 atom stereocenters. The van der Waals surface area contributed by atoms with Gasteiger partial charge in [0.05, 0.1) is 5.56 Å². The monoisotopic (exact) mass is 274 g/mol. The van der Waals surface area contributed by atoms with E-state index in [4.69, 9.17) is 0 Å². The van der Waals surface area contributed by atoms with Crippen molar-refractivity contribution in [2.45, 2.75) is 6.18 Å². The smallest absolute Gasteiger partial charge is 0.166 e. The zero-order valence-electron chi connectivity index (χ0n) is 7.48. The molecule has 2 aromatic carbocycles. The van der Waals surface area contributed by atoms with Crippen molar-refractivity contribution in [3.8, 4) is 0 Å². The first-order valence-corrected chi connectivity index (χ1v) is 5.04. The summed E-state index contributed by atoms with van der Waals surface area (Å²) in [6, 6.07) is 9.15. The van der Waals surface area contributed by atoms with Crippen LogP contribution in [0.3, 0.4) is 0 Å². The predicted octanol–water partition coefficient (Wildman–Crippen LogP) is 4.62. The van der Waals surface area contributed by atoms with Crippen molar-refractivity contribution in [3.05, 3.63) is 46.4 Å². The molecule has 2 aromatic rings. The molecular formula is C11H6BrF3. The quantitative estimate of drug-likeness (QED) is 0.658. The minimum atomic E-state index is -4.32. The average Bonchev–Trinajstić information content (AvgIpc) is 2.16. The Kier molecular flexibility index (Phi) is 2.46. The molecule has 15 heavy (non-hydrogen) atoms. The topological polar surface area (TPSA) is 0 Å². The summed E-state index contributed by atoms with van der Waals surface area (Å²) in [6.07, 6.45) is -4.32. The van der Waals surface area contributed by atoms with Crippen LogP contribution in [0.15, 0.2) is 40.9 Å². The van der Waals surface area contributed by atoms with Crippen LogP contribution in [0.5, 0.6) is 0 Å². The van der Waals surface area contributed by atoms with Crippen molar-refractivity contribution in [3.63, 3.8) is 0 Å². The van der Waals surface area contributed by atoms with E-state index < -0.39 is 11.7 Å². The van der Waals surface area contributed by atoms with Gasteiger partial charge in [0.15, 0.2) is 0 Å². The molecular weight excluding hydrogens is 269 g/mol. The van der Waals surface area contributed by atoms with E-state index >= 15 is 0 Å². The minimum Gasteiger partial charge on any atom is -0.166 e. The molecule has 0 fully saturated rings. The zero-order chi connectivity index (χ0) is 11.1. The molecule has 4 heteroatoms. The first-order valence-electron chi connectivity index (χ1n) is 4.24. The van der Waals surface area contributed by atoms with Crippen molar-refractivity contribution in [2.24, 2.45) is 0 Å². The molecule has 0 heterocycles. The predicted molar refractivity (Wildman–Crippen MR) is 56.7 cm³/mol. The average molecular weight is 275 g/mol. The Morgan fingerprint density at radius 3 is 2.13 bits per heavy atom. The summed E-state index contributed by atoms with van der Waals surface area (Å²) in [5.41, 5.74) is -0.604. The van der Waals surface area contributed by atoms with Crippen LogP contribution < -0.4 is 0 Å². The van der Waals surface area contributed by atoms with E-state index in [1.807, 2.05) is 0 Å². The Labute approximate surface area is 92.8 Å². The van der Waals surface area contributed by atoms with Crippen LogP contribution in [0.2, 0.25) is 0 Å². The highest BCUT2D eigenvalue weighted by Gasteiger charge is 2.32. The molecule has 0 spiro atoms. The van der Waals surface area contributed by atoms with Gasteiger partial charge in [-0.05, 0) is 17.5 Å². The fourth-order valence-electron chi connectivity index (χ4n) is 1.53. The fourth-order valence-corrected chi connectivity index (χ4v) is 2.13. The highest BCUT2D eigenvalue weighted by Crippen LogP contribution is 2.37. The molecule has 0 aliphatic rings. The summed E-state index contributed by atoms with van der Waals surface area (Å²) in [4.78, 5) is 0. The van der Waals surface area contributed by atoms with Crippen LogP contribution >= 0.6 is 15.9 Å². The lowest BCUT2D eigenvalue weighted by Crippen LogP contribution is -2.05. The summed E-state index contributed by atoms with van der Waals surface area (Å²) in [5, 5.41) is 0.798. The molecule has 0 aliphatic carbocycles. The van der Waals surface area contributed by atoms with Gasteiger partial charge in [0.25, 0.3) is 0 Å². The third-order valence-electron chi connectivity index (χ3n) is 2.16. The Balaban J connectivity index is 2.86. The summed E-state index contributed by atoms with van der Waals surface area (Å²) < 4.78 is 38.5. The number of alkyl halides is 3. The number of rotatable bonds is 0. The van der Waals surface area contributed by atoms with Gasteiger partial charge < -0.3 is 0 Å². The lowest BCUT2D eigenvalue weighted by molar-refractivity contribution is -0.136. The molecule has 2 rings (SSSR count). The molecule has 0 unspecified atom stereocenters. The minimum absolute atomic E-state index is 0.215. The summed E-state index contributed by atoms with van der Waals surface area (Å²) in [5.74, 6) is 0. The van der Waals surface area contributed by atoms with Gasteiger partial charge in [0.2, 0.25) is 0 Å². The Hall–Kier alpha value is -1.03. The highest BCUT2D eigenvalue weighted by atomic mass is 79.9. The molecule has 0 aromatic heterocycles. The van der Waals surface area contributed by atoms with Gasteiger partial charge in [-0.15, -0.1) is 0 Å². The normalized spacial score (nSPS) is 12.0. The van der Waals surface area contributed by atoms with Crippen LogP contribution in [-0.4, -0.2) is 0 Å². The van der Waals surface area contributed by atoms with Crippen molar-refractivity contribution < 1.29 is 13.2 Å². The first-order chi connectivity index (χ1) is 7.00. The van der Waals surface area contributed by atoms with E-state index in [0.29, 0.717) is 9.86 Å². The van der Waals surface area contributed by atoms with Gasteiger partial charge >= 0.3 is 6.18 Å². The molecule has 0 nitrogen and oxygen atoms in total. The highest BCUT2D eigenvalue weighted by molar-refractivity contribution is 9.10. The molecule has 0 amide bonds. The van der Waals surface area contributed by atoms with Gasteiger partial charge in [0, 0.05) is 9.86 Å². The maximum Gasteiger partial charge on any atom is 0.417 e. The molecule has 0 bridgehead atoms. The number of fused-ring (bicyclic) bond motifs is 1. The number of hydrogen-bond donors (Lipinski definition) is 0. The SMILES string of the molecule is FC(F)(F)c1cccc2cccc(Br)c12. The second-order valence-electron chi connectivity index (χ2n) is 3.14. The molecule has 0 radical (unpaired) electrons. The molecule has 78 valence electrons. The first kappa shape index (κ1) is 10.5. The third-order valence-corrected chi connectivity index (χ3v) is 2.82. The van der Waals surface area contributed by atoms with Crippen molar-refractivity contribution >= 4 is 26.7 Å². The van der Waals surface area contributed by atoms with Crippen LogP contribution in [-0.2, 0) is 6.18 Å². The van der Waals surface area contributed by atoms with Crippen LogP contribution in [0, 0.1) is 0 Å². The van der Waals surface area contributed by atoms with E-state index in [9.17, 15) is 13.2 Å². The second-order valence-corrected chi connectivity index (χ2v) is 4.00.